The van der Waals surface area contributed by atoms with Crippen LogP contribution in [0.5, 0.6) is 0 Å². The molecule has 2 rings (SSSR count). The van der Waals surface area contributed by atoms with Gasteiger partial charge in [0.25, 0.3) is 0 Å². The van der Waals surface area contributed by atoms with E-state index >= 15 is 0 Å². The highest BCUT2D eigenvalue weighted by atomic mass is 19.1. The molecule has 0 radical (unpaired) electrons. The lowest BCUT2D eigenvalue weighted by Crippen LogP contribution is -2.38. The number of nitrogens with one attached hydrogen (secondary N) is 1. The fraction of sp³-hybridized carbons (Fsp3) is 0.533. The predicted octanol–water partition coefficient (Wildman–Crippen LogP) is 1.32. The summed E-state index contributed by atoms with van der Waals surface area (Å²) in [4.78, 5) is 14.2. The number of hydrogen-bond donors (Lipinski definition) is 1. The van der Waals surface area contributed by atoms with Gasteiger partial charge in [-0.3, -0.25) is 9.69 Å². The van der Waals surface area contributed by atoms with Crippen molar-refractivity contribution in [2.24, 2.45) is 0 Å². The first-order valence-corrected chi connectivity index (χ1v) is 7.05. The molecule has 20 heavy (non-hydrogen) atoms. The molecule has 1 aliphatic heterocycles. The van der Waals surface area contributed by atoms with Gasteiger partial charge in [-0.25, -0.2) is 4.39 Å². The maximum absolute atomic E-state index is 12.7. The lowest BCUT2D eigenvalue weighted by molar-refractivity contribution is 0.0375. The van der Waals surface area contributed by atoms with E-state index in [2.05, 4.69) is 10.2 Å². The van der Waals surface area contributed by atoms with Gasteiger partial charge in [-0.1, -0.05) is 0 Å². The van der Waals surface area contributed by atoms with Crippen molar-refractivity contribution in [3.8, 4) is 0 Å². The number of ketones is 1. The molecule has 0 aromatic heterocycles. The topological polar surface area (TPSA) is 41.6 Å². The molecule has 1 aromatic rings. The lowest BCUT2D eigenvalue weighted by atomic mass is 10.1. The average Bonchev–Trinajstić information content (AvgIpc) is 2.48. The molecule has 0 amide bonds. The standard InChI is InChI=1S/C15H21FN2O2/c16-14-4-2-13(3-5-14)15(19)12-17-6-1-7-18-8-10-20-11-9-18/h2-5,17H,1,6-12H2. The number of carbonyl (C=O) groups excluding carboxylic acids is 1. The van der Waals surface area contributed by atoms with Gasteiger partial charge in [0.15, 0.2) is 5.78 Å². The van der Waals surface area contributed by atoms with Gasteiger partial charge < -0.3 is 10.1 Å². The van der Waals surface area contributed by atoms with Crippen LogP contribution in [-0.2, 0) is 4.74 Å². The molecule has 1 saturated heterocycles. The number of benzene rings is 1. The number of ether oxygens (including phenoxy) is 1. The van der Waals surface area contributed by atoms with Crippen molar-refractivity contribution in [3.63, 3.8) is 0 Å². The molecule has 0 spiro atoms. The molecular weight excluding hydrogens is 259 g/mol. The molecule has 1 heterocycles. The first-order chi connectivity index (χ1) is 9.75. The summed E-state index contributed by atoms with van der Waals surface area (Å²) in [5.74, 6) is -0.323. The summed E-state index contributed by atoms with van der Waals surface area (Å²) in [5, 5.41) is 3.14. The zero-order chi connectivity index (χ0) is 14.2. The Kier molecular flexibility index (Phi) is 6.11. The van der Waals surface area contributed by atoms with Crippen molar-refractivity contribution < 1.29 is 13.9 Å². The molecule has 110 valence electrons. The van der Waals surface area contributed by atoms with E-state index in [9.17, 15) is 9.18 Å². The van der Waals surface area contributed by atoms with Gasteiger partial charge in [0.1, 0.15) is 5.82 Å². The predicted molar refractivity (Wildman–Crippen MR) is 75.5 cm³/mol. The minimum Gasteiger partial charge on any atom is -0.379 e. The number of morpholine rings is 1. The summed E-state index contributed by atoms with van der Waals surface area (Å²) in [7, 11) is 0. The Balaban J connectivity index is 1.58. The third kappa shape index (κ3) is 5.00. The Morgan fingerprint density at radius 3 is 2.65 bits per heavy atom. The molecule has 1 N–H and O–H groups in total. The number of carbonyl (C=O) groups is 1. The van der Waals surface area contributed by atoms with Crippen molar-refractivity contribution >= 4 is 5.78 Å². The summed E-state index contributed by atoms with van der Waals surface area (Å²) in [6.07, 6.45) is 1.01. The summed E-state index contributed by atoms with van der Waals surface area (Å²) < 4.78 is 18.0. The van der Waals surface area contributed by atoms with Crippen LogP contribution < -0.4 is 5.32 Å². The van der Waals surface area contributed by atoms with Crippen LogP contribution in [0.4, 0.5) is 4.39 Å². The Morgan fingerprint density at radius 2 is 1.95 bits per heavy atom. The van der Waals surface area contributed by atoms with Crippen LogP contribution in [0, 0.1) is 5.82 Å². The van der Waals surface area contributed by atoms with E-state index in [0.29, 0.717) is 12.1 Å². The zero-order valence-electron chi connectivity index (χ0n) is 11.6. The van der Waals surface area contributed by atoms with E-state index < -0.39 is 0 Å². The molecule has 1 aromatic carbocycles. The van der Waals surface area contributed by atoms with Gasteiger partial charge in [0.05, 0.1) is 19.8 Å². The molecule has 1 fully saturated rings. The summed E-state index contributed by atoms with van der Waals surface area (Å²) >= 11 is 0. The molecule has 0 aliphatic carbocycles. The zero-order valence-corrected chi connectivity index (χ0v) is 11.6. The summed E-state index contributed by atoms with van der Waals surface area (Å²) in [6.45, 7) is 5.76. The van der Waals surface area contributed by atoms with Crippen molar-refractivity contribution in [3.05, 3.63) is 35.6 Å². The second kappa shape index (κ2) is 8.09. The smallest absolute Gasteiger partial charge is 0.176 e. The Hall–Kier alpha value is -1.30. The fourth-order valence-electron chi connectivity index (χ4n) is 2.19. The van der Waals surface area contributed by atoms with E-state index in [-0.39, 0.29) is 11.6 Å². The van der Waals surface area contributed by atoms with Crippen LogP contribution >= 0.6 is 0 Å². The number of halogens is 1. The van der Waals surface area contributed by atoms with Crippen LogP contribution in [0.1, 0.15) is 16.8 Å². The number of rotatable bonds is 7. The maximum Gasteiger partial charge on any atom is 0.176 e. The molecule has 5 heteroatoms. The van der Waals surface area contributed by atoms with Gasteiger partial charge in [-0.2, -0.15) is 0 Å². The van der Waals surface area contributed by atoms with E-state index in [0.717, 1.165) is 45.8 Å². The SMILES string of the molecule is O=C(CNCCCN1CCOCC1)c1ccc(F)cc1. The average molecular weight is 280 g/mol. The Bertz CT molecular complexity index is 416. The lowest BCUT2D eigenvalue weighted by Gasteiger charge is -2.26. The maximum atomic E-state index is 12.7. The van der Waals surface area contributed by atoms with E-state index in [1.807, 2.05) is 0 Å². The normalized spacial score (nSPS) is 16.2. The highest BCUT2D eigenvalue weighted by molar-refractivity contribution is 5.97. The molecule has 0 bridgehead atoms. The van der Waals surface area contributed by atoms with Crippen LogP contribution in [0.2, 0.25) is 0 Å². The number of nitrogens with zero attached hydrogens (tertiary/aromatic N) is 1. The monoisotopic (exact) mass is 280 g/mol. The van der Waals surface area contributed by atoms with Gasteiger partial charge in [0.2, 0.25) is 0 Å². The highest BCUT2D eigenvalue weighted by Crippen LogP contribution is 2.03. The van der Waals surface area contributed by atoms with Gasteiger partial charge in [-0.05, 0) is 43.8 Å². The quantitative estimate of drug-likeness (QED) is 0.604. The highest BCUT2D eigenvalue weighted by Gasteiger charge is 2.09. The second-order valence-electron chi connectivity index (χ2n) is 4.91. The molecule has 1 aliphatic rings. The number of Topliss-reactive ketones (excluding diaryl/α,β-unsaturated/α-hetero) is 1. The molecular formula is C15H21FN2O2. The van der Waals surface area contributed by atoms with Crippen LogP contribution in [-0.4, -0.2) is 56.6 Å². The van der Waals surface area contributed by atoms with Crippen LogP contribution in [0.3, 0.4) is 0 Å². The van der Waals surface area contributed by atoms with Crippen molar-refractivity contribution in [2.45, 2.75) is 6.42 Å². The molecule has 0 atom stereocenters. The van der Waals surface area contributed by atoms with Crippen LogP contribution in [0.25, 0.3) is 0 Å². The van der Waals surface area contributed by atoms with Crippen molar-refractivity contribution in [1.82, 2.24) is 10.2 Å². The van der Waals surface area contributed by atoms with E-state index in [1.165, 1.54) is 24.3 Å². The largest absolute Gasteiger partial charge is 0.379 e. The fourth-order valence-corrected chi connectivity index (χ4v) is 2.19. The van der Waals surface area contributed by atoms with E-state index in [1.54, 1.807) is 0 Å². The summed E-state index contributed by atoms with van der Waals surface area (Å²) in [6, 6.07) is 5.66. The summed E-state index contributed by atoms with van der Waals surface area (Å²) in [5.41, 5.74) is 0.548. The Morgan fingerprint density at radius 1 is 1.25 bits per heavy atom. The first kappa shape index (κ1) is 15.1. The van der Waals surface area contributed by atoms with Crippen LogP contribution in [0.15, 0.2) is 24.3 Å². The van der Waals surface area contributed by atoms with Gasteiger partial charge in [0, 0.05) is 18.7 Å². The molecule has 0 saturated carbocycles. The first-order valence-electron chi connectivity index (χ1n) is 7.05. The minimum absolute atomic E-state index is 0.00336. The van der Waals surface area contributed by atoms with Crippen molar-refractivity contribution in [2.75, 3.05) is 45.9 Å². The molecule has 4 nitrogen and oxygen atoms in total. The third-order valence-corrected chi connectivity index (χ3v) is 3.38. The number of hydrogen-bond acceptors (Lipinski definition) is 4. The second-order valence-corrected chi connectivity index (χ2v) is 4.91. The molecule has 0 unspecified atom stereocenters. The van der Waals surface area contributed by atoms with Gasteiger partial charge >= 0.3 is 0 Å². The van der Waals surface area contributed by atoms with Crippen molar-refractivity contribution in [1.29, 1.82) is 0 Å². The minimum atomic E-state index is -0.319. The van der Waals surface area contributed by atoms with Gasteiger partial charge in [-0.15, -0.1) is 0 Å². The third-order valence-electron chi connectivity index (χ3n) is 3.38. The van der Waals surface area contributed by atoms with E-state index in [4.69, 9.17) is 4.74 Å². The Labute approximate surface area is 118 Å².